The number of nitrogens with zero attached hydrogens (tertiary/aromatic N) is 1. The molecule has 1 aromatic heterocycles. The molecule has 5 nitrogen and oxygen atoms in total. The number of para-hydroxylation sites is 1. The van der Waals surface area contributed by atoms with Gasteiger partial charge in [-0.3, -0.25) is 4.79 Å². The molecular weight excluding hydrogens is 276 g/mol. The average molecular weight is 302 g/mol. The van der Waals surface area contributed by atoms with E-state index in [0.717, 1.165) is 36.6 Å². The summed E-state index contributed by atoms with van der Waals surface area (Å²) in [7, 11) is 0. The van der Waals surface area contributed by atoms with E-state index in [4.69, 9.17) is 5.73 Å². The van der Waals surface area contributed by atoms with Crippen LogP contribution < -0.4 is 11.1 Å². The first-order valence-electron chi connectivity index (χ1n) is 7.87. The van der Waals surface area contributed by atoms with Gasteiger partial charge in [0.1, 0.15) is 11.3 Å². The maximum atomic E-state index is 11.4. The smallest absolute Gasteiger partial charge is 0.250 e. The van der Waals surface area contributed by atoms with Crippen LogP contribution in [0.2, 0.25) is 0 Å². The highest BCUT2D eigenvalue weighted by atomic mass is 16.1. The molecule has 120 valence electrons. The molecule has 0 bridgehead atoms. The molecule has 0 unspecified atom stereocenters. The van der Waals surface area contributed by atoms with Crippen molar-refractivity contribution in [1.29, 1.82) is 0 Å². The van der Waals surface area contributed by atoms with E-state index in [1.807, 2.05) is 12.1 Å². The van der Waals surface area contributed by atoms with Crippen LogP contribution >= 0.6 is 0 Å². The quantitative estimate of drug-likeness (QED) is 0.797. The fourth-order valence-corrected chi connectivity index (χ4v) is 2.59. The Kier molecular flexibility index (Phi) is 4.86. The minimum atomic E-state index is -0.441. The zero-order valence-corrected chi connectivity index (χ0v) is 13.9. The minimum Gasteiger partial charge on any atom is -0.366 e. The number of imidazole rings is 1. The van der Waals surface area contributed by atoms with Gasteiger partial charge in [0, 0.05) is 0 Å². The molecule has 1 aliphatic rings. The van der Waals surface area contributed by atoms with Crippen LogP contribution in [0.1, 0.15) is 56.7 Å². The van der Waals surface area contributed by atoms with Crippen LogP contribution in [-0.2, 0) is 5.54 Å². The third-order valence-corrected chi connectivity index (χ3v) is 3.67. The lowest BCUT2D eigenvalue weighted by Gasteiger charge is -2.21. The molecule has 1 fully saturated rings. The second kappa shape index (κ2) is 6.48. The molecule has 1 aliphatic heterocycles. The van der Waals surface area contributed by atoms with Crippen LogP contribution in [0.25, 0.3) is 11.0 Å². The van der Waals surface area contributed by atoms with E-state index < -0.39 is 5.91 Å². The molecule has 3 rings (SSSR count). The predicted molar refractivity (Wildman–Crippen MR) is 89.7 cm³/mol. The summed E-state index contributed by atoms with van der Waals surface area (Å²) >= 11 is 0. The van der Waals surface area contributed by atoms with Gasteiger partial charge >= 0.3 is 0 Å². The number of fused-ring (bicyclic) bond motifs is 1. The highest BCUT2D eigenvalue weighted by Crippen LogP contribution is 2.30. The second-order valence-corrected chi connectivity index (χ2v) is 6.75. The molecule has 1 aromatic carbocycles. The Bertz CT molecular complexity index is 651. The number of aromatic amines is 1. The van der Waals surface area contributed by atoms with Crippen LogP contribution in [0.3, 0.4) is 0 Å². The number of nitrogens with one attached hydrogen (secondary N) is 2. The van der Waals surface area contributed by atoms with Crippen molar-refractivity contribution in [2.75, 3.05) is 6.54 Å². The first-order valence-corrected chi connectivity index (χ1v) is 7.87. The summed E-state index contributed by atoms with van der Waals surface area (Å²) in [6, 6.07) is 5.44. The number of carbonyl (C=O) groups excluding carboxylic acids is 1. The maximum Gasteiger partial charge on any atom is 0.250 e. The molecule has 4 N–H and O–H groups in total. The molecule has 0 aliphatic carbocycles. The predicted octanol–water partition coefficient (Wildman–Crippen LogP) is 2.92. The lowest BCUT2D eigenvalue weighted by atomic mass is 10.00. The van der Waals surface area contributed by atoms with Crippen LogP contribution in [0.15, 0.2) is 18.2 Å². The molecule has 2 heterocycles. The number of hydrogen-bond donors (Lipinski definition) is 3. The van der Waals surface area contributed by atoms with E-state index in [9.17, 15) is 4.79 Å². The highest BCUT2D eigenvalue weighted by Gasteiger charge is 2.33. The summed E-state index contributed by atoms with van der Waals surface area (Å²) in [5, 5.41) is 3.45. The SMILES string of the molecule is CC(C)C.C[C@]1(c2nc3c(C(N)=O)cccc3[nH]2)CCCN1. The molecule has 0 spiro atoms. The number of rotatable bonds is 2. The van der Waals surface area contributed by atoms with Gasteiger partial charge in [-0.15, -0.1) is 0 Å². The van der Waals surface area contributed by atoms with Gasteiger partial charge in [-0.05, 0) is 44.4 Å². The average Bonchev–Trinajstić information content (AvgIpc) is 3.04. The number of H-pyrrole nitrogens is 1. The molecule has 2 aromatic rings. The summed E-state index contributed by atoms with van der Waals surface area (Å²) in [5.74, 6) is 1.27. The van der Waals surface area contributed by atoms with Gasteiger partial charge in [0.05, 0.1) is 16.6 Å². The van der Waals surface area contributed by atoms with Gasteiger partial charge in [0.15, 0.2) is 0 Å². The van der Waals surface area contributed by atoms with Crippen LogP contribution in [0, 0.1) is 5.92 Å². The molecule has 1 atom stereocenters. The van der Waals surface area contributed by atoms with Gasteiger partial charge in [-0.25, -0.2) is 4.98 Å². The monoisotopic (exact) mass is 302 g/mol. The molecule has 1 saturated heterocycles. The lowest BCUT2D eigenvalue weighted by Crippen LogP contribution is -2.34. The second-order valence-electron chi connectivity index (χ2n) is 6.75. The van der Waals surface area contributed by atoms with Gasteiger partial charge in [-0.2, -0.15) is 0 Å². The van der Waals surface area contributed by atoms with Crippen LogP contribution in [0.4, 0.5) is 0 Å². The number of aromatic nitrogens is 2. The van der Waals surface area contributed by atoms with E-state index in [1.54, 1.807) is 6.07 Å². The highest BCUT2D eigenvalue weighted by molar-refractivity contribution is 6.04. The van der Waals surface area contributed by atoms with E-state index in [-0.39, 0.29) is 5.54 Å². The largest absolute Gasteiger partial charge is 0.366 e. The van der Waals surface area contributed by atoms with Crippen molar-refractivity contribution in [2.24, 2.45) is 11.7 Å². The number of hydrogen-bond acceptors (Lipinski definition) is 3. The van der Waals surface area contributed by atoms with Crippen molar-refractivity contribution in [3.8, 4) is 0 Å². The topological polar surface area (TPSA) is 83.8 Å². The van der Waals surface area contributed by atoms with Gasteiger partial charge in [-0.1, -0.05) is 26.8 Å². The first kappa shape index (κ1) is 16.5. The summed E-state index contributed by atoms with van der Waals surface area (Å²) in [4.78, 5) is 19.2. The standard InChI is InChI=1S/C13H16N4O.C4H10/c1-13(6-3-7-15-13)12-16-9-5-2-4-8(11(14)18)10(9)17-12;1-4(2)3/h2,4-5,15H,3,6-7H2,1H3,(H2,14,18)(H,16,17);4H,1-3H3/t13-;/m1./s1. The van der Waals surface area contributed by atoms with E-state index in [2.05, 4.69) is 43.0 Å². The fraction of sp³-hybridized carbons (Fsp3) is 0.529. The number of amides is 1. The van der Waals surface area contributed by atoms with E-state index in [1.165, 1.54) is 0 Å². The molecule has 1 amide bonds. The van der Waals surface area contributed by atoms with Crippen molar-refractivity contribution >= 4 is 16.9 Å². The molecular formula is C17H26N4O. The van der Waals surface area contributed by atoms with Gasteiger partial charge in [0.2, 0.25) is 0 Å². The Morgan fingerprint density at radius 1 is 1.36 bits per heavy atom. The fourth-order valence-electron chi connectivity index (χ4n) is 2.59. The van der Waals surface area contributed by atoms with Crippen LogP contribution in [-0.4, -0.2) is 22.4 Å². The van der Waals surface area contributed by atoms with Crippen molar-refractivity contribution in [2.45, 2.75) is 46.1 Å². The summed E-state index contributed by atoms with van der Waals surface area (Å²) < 4.78 is 0. The van der Waals surface area contributed by atoms with Crippen molar-refractivity contribution in [3.05, 3.63) is 29.6 Å². The Morgan fingerprint density at radius 3 is 2.59 bits per heavy atom. The van der Waals surface area contributed by atoms with Crippen molar-refractivity contribution in [3.63, 3.8) is 0 Å². The van der Waals surface area contributed by atoms with Gasteiger partial charge in [0.25, 0.3) is 5.91 Å². The third-order valence-electron chi connectivity index (χ3n) is 3.67. The maximum absolute atomic E-state index is 11.4. The molecule has 5 heteroatoms. The Balaban J connectivity index is 0.000000396. The number of benzene rings is 1. The first-order chi connectivity index (χ1) is 10.3. The number of primary amides is 1. The third kappa shape index (κ3) is 3.47. The summed E-state index contributed by atoms with van der Waals surface area (Å²) in [6.45, 7) is 9.62. The zero-order valence-electron chi connectivity index (χ0n) is 13.9. The summed E-state index contributed by atoms with van der Waals surface area (Å²) in [6.07, 6.45) is 2.18. The Morgan fingerprint density at radius 2 is 2.05 bits per heavy atom. The summed E-state index contributed by atoms with van der Waals surface area (Å²) in [5.41, 5.74) is 7.22. The van der Waals surface area contributed by atoms with E-state index in [0.29, 0.717) is 11.1 Å². The minimum absolute atomic E-state index is 0.131. The number of nitrogens with two attached hydrogens (primary N) is 1. The van der Waals surface area contributed by atoms with Crippen LogP contribution in [0.5, 0.6) is 0 Å². The molecule has 0 saturated carbocycles. The van der Waals surface area contributed by atoms with Gasteiger partial charge < -0.3 is 16.0 Å². The Labute approximate surface area is 131 Å². The Hall–Kier alpha value is -1.88. The molecule has 22 heavy (non-hydrogen) atoms. The zero-order chi connectivity index (χ0) is 16.3. The van der Waals surface area contributed by atoms with Crippen molar-refractivity contribution in [1.82, 2.24) is 15.3 Å². The lowest BCUT2D eigenvalue weighted by molar-refractivity contribution is 0.100. The van der Waals surface area contributed by atoms with Crippen molar-refractivity contribution < 1.29 is 4.79 Å². The van der Waals surface area contributed by atoms with E-state index >= 15 is 0 Å². The number of carbonyl (C=O) groups is 1. The normalized spacial score (nSPS) is 21.0. The molecule has 0 radical (unpaired) electrons.